The van der Waals surface area contributed by atoms with E-state index in [-0.39, 0.29) is 11.5 Å². The zero-order chi connectivity index (χ0) is 13.9. The molecule has 1 N–H and O–H groups in total. The van der Waals surface area contributed by atoms with Gasteiger partial charge in [0, 0.05) is 0 Å². The molecule has 3 nitrogen and oxygen atoms in total. The Hall–Kier alpha value is -1.53. The minimum atomic E-state index is -0.228. The van der Waals surface area contributed by atoms with Gasteiger partial charge >= 0.3 is 0 Å². The third-order valence-electron chi connectivity index (χ3n) is 4.33. The van der Waals surface area contributed by atoms with Crippen LogP contribution in [-0.4, -0.2) is 14.2 Å². The summed E-state index contributed by atoms with van der Waals surface area (Å²) in [4.78, 5) is 0. The van der Waals surface area contributed by atoms with E-state index in [0.717, 1.165) is 31.4 Å². The van der Waals surface area contributed by atoms with Crippen LogP contribution in [-0.2, 0) is 6.42 Å². The van der Waals surface area contributed by atoms with Gasteiger partial charge in [0.1, 0.15) is 5.75 Å². The van der Waals surface area contributed by atoms with E-state index in [1.165, 1.54) is 11.1 Å². The Bertz CT molecular complexity index is 486. The Labute approximate surface area is 115 Å². The fraction of sp³-hybridized carbons (Fsp3) is 0.562. The quantitative estimate of drug-likeness (QED) is 0.882. The minimum Gasteiger partial charge on any atom is -0.496 e. The van der Waals surface area contributed by atoms with Crippen LogP contribution in [0.5, 0.6) is 5.75 Å². The molecule has 1 atom stereocenters. The van der Waals surface area contributed by atoms with Crippen molar-refractivity contribution in [1.82, 2.24) is 5.32 Å². The van der Waals surface area contributed by atoms with Crippen molar-refractivity contribution in [2.24, 2.45) is 5.41 Å². The molecular weight excluding hydrogens is 236 g/mol. The highest BCUT2D eigenvalue weighted by atomic mass is 16.5. The Morgan fingerprint density at radius 1 is 1.47 bits per heavy atom. The normalized spacial score (nSPS) is 18.2. The van der Waals surface area contributed by atoms with Gasteiger partial charge in [-0.2, -0.15) is 5.26 Å². The number of rotatable bonds is 5. The first-order chi connectivity index (χ1) is 9.20. The Morgan fingerprint density at radius 2 is 2.21 bits per heavy atom. The second kappa shape index (κ2) is 5.63. The number of nitrogens with zero attached hydrogens (tertiary/aromatic N) is 1. The number of hydrogen-bond acceptors (Lipinski definition) is 3. The number of aryl methyl sites for hydroxylation is 1. The van der Waals surface area contributed by atoms with E-state index < -0.39 is 0 Å². The third kappa shape index (κ3) is 2.33. The number of ether oxygens (including phenoxy) is 1. The first-order valence-corrected chi connectivity index (χ1v) is 6.96. The maximum absolute atomic E-state index is 9.51. The first-order valence-electron chi connectivity index (χ1n) is 6.96. The zero-order valence-corrected chi connectivity index (χ0v) is 12.0. The second-order valence-electron chi connectivity index (χ2n) is 5.27. The number of nitriles is 1. The lowest BCUT2D eigenvalue weighted by Crippen LogP contribution is -2.40. The van der Waals surface area contributed by atoms with Gasteiger partial charge < -0.3 is 10.1 Å². The van der Waals surface area contributed by atoms with Crippen LogP contribution in [0, 0.1) is 16.7 Å². The van der Waals surface area contributed by atoms with E-state index in [4.69, 9.17) is 4.74 Å². The topological polar surface area (TPSA) is 45.0 Å². The summed E-state index contributed by atoms with van der Waals surface area (Å²) in [6.45, 7) is 2.12. The predicted molar refractivity (Wildman–Crippen MR) is 76.1 cm³/mol. The van der Waals surface area contributed by atoms with Crippen LogP contribution >= 0.6 is 0 Å². The van der Waals surface area contributed by atoms with Crippen molar-refractivity contribution in [2.75, 3.05) is 14.2 Å². The van der Waals surface area contributed by atoms with Gasteiger partial charge in [-0.15, -0.1) is 0 Å². The molecule has 0 heterocycles. The molecule has 1 aromatic carbocycles. The molecule has 3 heteroatoms. The minimum absolute atomic E-state index is 0.113. The molecule has 0 spiro atoms. The van der Waals surface area contributed by atoms with E-state index >= 15 is 0 Å². The lowest BCUT2D eigenvalue weighted by molar-refractivity contribution is 0.149. The third-order valence-corrected chi connectivity index (χ3v) is 4.33. The predicted octanol–water partition coefficient (Wildman–Crippen LogP) is 3.21. The van der Waals surface area contributed by atoms with E-state index in [2.05, 4.69) is 30.4 Å². The van der Waals surface area contributed by atoms with Gasteiger partial charge in [0.15, 0.2) is 0 Å². The van der Waals surface area contributed by atoms with Crippen molar-refractivity contribution in [3.8, 4) is 11.8 Å². The Morgan fingerprint density at radius 3 is 2.63 bits per heavy atom. The van der Waals surface area contributed by atoms with Gasteiger partial charge in [0.25, 0.3) is 0 Å². The molecule has 1 aromatic rings. The van der Waals surface area contributed by atoms with Gasteiger partial charge in [-0.05, 0) is 43.5 Å². The molecule has 0 amide bonds. The van der Waals surface area contributed by atoms with E-state index in [0.29, 0.717) is 0 Å². The molecule has 0 saturated heterocycles. The summed E-state index contributed by atoms with van der Waals surface area (Å²) in [7, 11) is 3.64. The number of methoxy groups -OCH3 is 1. The van der Waals surface area contributed by atoms with Gasteiger partial charge in [0.05, 0.1) is 24.6 Å². The largest absolute Gasteiger partial charge is 0.496 e. The standard InChI is InChI=1S/C16H22N2O/c1-4-12-10-13(6-7-14(12)19-3)15(18-2)16(11-17)8-5-9-16/h6-7,10,15,18H,4-5,8-9H2,1-3H3. The van der Waals surface area contributed by atoms with Gasteiger partial charge in [-0.1, -0.05) is 25.5 Å². The Balaban J connectivity index is 2.36. The summed E-state index contributed by atoms with van der Waals surface area (Å²) < 4.78 is 5.37. The van der Waals surface area contributed by atoms with Crippen LogP contribution in [0.3, 0.4) is 0 Å². The molecule has 19 heavy (non-hydrogen) atoms. The van der Waals surface area contributed by atoms with Gasteiger partial charge in [0.2, 0.25) is 0 Å². The molecule has 1 saturated carbocycles. The van der Waals surface area contributed by atoms with E-state index in [1.54, 1.807) is 7.11 Å². The maximum Gasteiger partial charge on any atom is 0.122 e. The second-order valence-corrected chi connectivity index (χ2v) is 5.27. The highest BCUT2D eigenvalue weighted by Gasteiger charge is 2.44. The molecule has 1 aliphatic carbocycles. The first kappa shape index (κ1) is 13.9. The van der Waals surface area contributed by atoms with Crippen LogP contribution < -0.4 is 10.1 Å². The van der Waals surface area contributed by atoms with Crippen molar-refractivity contribution in [3.05, 3.63) is 29.3 Å². The van der Waals surface area contributed by atoms with Crippen LogP contribution in [0.15, 0.2) is 18.2 Å². The van der Waals surface area contributed by atoms with Crippen LogP contribution in [0.25, 0.3) is 0 Å². The molecule has 1 fully saturated rings. The summed E-state index contributed by atoms with van der Waals surface area (Å²) in [6, 6.07) is 8.92. The van der Waals surface area contributed by atoms with Crippen LogP contribution in [0.4, 0.5) is 0 Å². The van der Waals surface area contributed by atoms with Crippen molar-refractivity contribution in [1.29, 1.82) is 5.26 Å². The highest BCUT2D eigenvalue weighted by molar-refractivity contribution is 5.40. The molecule has 1 unspecified atom stereocenters. The summed E-state index contributed by atoms with van der Waals surface area (Å²) in [6.07, 6.45) is 4.07. The average molecular weight is 258 g/mol. The van der Waals surface area contributed by atoms with Crippen molar-refractivity contribution in [2.45, 2.75) is 38.6 Å². The summed E-state index contributed by atoms with van der Waals surface area (Å²) in [5.41, 5.74) is 2.17. The summed E-state index contributed by atoms with van der Waals surface area (Å²) in [5.74, 6) is 0.931. The lowest BCUT2D eigenvalue weighted by atomic mass is 9.63. The van der Waals surface area contributed by atoms with Crippen molar-refractivity contribution < 1.29 is 4.74 Å². The van der Waals surface area contributed by atoms with Crippen molar-refractivity contribution >= 4 is 0 Å². The highest BCUT2D eigenvalue weighted by Crippen LogP contribution is 2.49. The molecule has 102 valence electrons. The average Bonchev–Trinajstić information content (AvgIpc) is 2.42. The Kier molecular flexibility index (Phi) is 4.11. The molecule has 0 aliphatic heterocycles. The number of hydrogen-bond donors (Lipinski definition) is 1. The summed E-state index contributed by atoms with van der Waals surface area (Å²) in [5, 5.41) is 12.8. The zero-order valence-electron chi connectivity index (χ0n) is 12.0. The van der Waals surface area contributed by atoms with E-state index in [1.807, 2.05) is 13.1 Å². The molecule has 2 rings (SSSR count). The fourth-order valence-electron chi connectivity index (χ4n) is 3.04. The SMILES string of the molecule is CCc1cc(C(NC)C2(C#N)CCC2)ccc1OC. The monoisotopic (exact) mass is 258 g/mol. The molecule has 0 bridgehead atoms. The van der Waals surface area contributed by atoms with Crippen molar-refractivity contribution in [3.63, 3.8) is 0 Å². The maximum atomic E-state index is 9.51. The van der Waals surface area contributed by atoms with E-state index in [9.17, 15) is 5.26 Å². The molecular formula is C16H22N2O. The number of benzene rings is 1. The summed E-state index contributed by atoms with van der Waals surface area (Å²) >= 11 is 0. The molecule has 1 aliphatic rings. The number of nitrogens with one attached hydrogen (secondary N) is 1. The molecule has 0 radical (unpaired) electrons. The van der Waals surface area contributed by atoms with Crippen LogP contribution in [0.1, 0.15) is 43.4 Å². The van der Waals surface area contributed by atoms with Crippen LogP contribution in [0.2, 0.25) is 0 Å². The lowest BCUT2D eigenvalue weighted by Gasteiger charge is -2.42. The smallest absolute Gasteiger partial charge is 0.122 e. The van der Waals surface area contributed by atoms with Gasteiger partial charge in [-0.3, -0.25) is 0 Å². The fourth-order valence-corrected chi connectivity index (χ4v) is 3.04. The molecule has 0 aromatic heterocycles. The van der Waals surface area contributed by atoms with Gasteiger partial charge in [-0.25, -0.2) is 0 Å².